The van der Waals surface area contributed by atoms with Crippen LogP contribution in [0.3, 0.4) is 0 Å². The molecular formula is C27H29N3O3. The van der Waals surface area contributed by atoms with E-state index in [1.807, 2.05) is 30.3 Å². The summed E-state index contributed by atoms with van der Waals surface area (Å²) in [5, 5.41) is 3.04. The summed E-state index contributed by atoms with van der Waals surface area (Å²) in [7, 11) is 2.14. The first-order chi connectivity index (χ1) is 16.2. The minimum atomic E-state index is -0.486. The van der Waals surface area contributed by atoms with Gasteiger partial charge in [-0.05, 0) is 74.0 Å². The molecule has 2 aromatic carbocycles. The van der Waals surface area contributed by atoms with E-state index in [0.29, 0.717) is 11.6 Å². The van der Waals surface area contributed by atoms with Crippen LogP contribution in [0.1, 0.15) is 30.4 Å². The number of ether oxygens (including phenoxy) is 2. The van der Waals surface area contributed by atoms with Gasteiger partial charge in [-0.15, -0.1) is 0 Å². The molecule has 1 aliphatic heterocycles. The molecule has 170 valence electrons. The second-order valence-electron chi connectivity index (χ2n) is 8.81. The van der Waals surface area contributed by atoms with Gasteiger partial charge in [-0.1, -0.05) is 30.3 Å². The molecule has 6 nitrogen and oxygen atoms in total. The molecule has 0 atom stereocenters. The van der Waals surface area contributed by atoms with Gasteiger partial charge in [0.25, 0.3) is 0 Å². The van der Waals surface area contributed by atoms with Gasteiger partial charge >= 0.3 is 6.09 Å². The maximum atomic E-state index is 12.7. The summed E-state index contributed by atoms with van der Waals surface area (Å²) in [6.07, 6.45) is 6.52. The van der Waals surface area contributed by atoms with Crippen LogP contribution in [0.2, 0.25) is 0 Å². The summed E-state index contributed by atoms with van der Waals surface area (Å²) in [5.41, 5.74) is 5.22. The summed E-state index contributed by atoms with van der Waals surface area (Å²) >= 11 is 0. The number of likely N-dealkylation sites (tertiary alicyclic amines) is 1. The van der Waals surface area contributed by atoms with Gasteiger partial charge in [0.05, 0.1) is 5.69 Å². The van der Waals surface area contributed by atoms with E-state index in [2.05, 4.69) is 34.4 Å². The van der Waals surface area contributed by atoms with Crippen LogP contribution in [-0.2, 0) is 12.8 Å². The van der Waals surface area contributed by atoms with E-state index < -0.39 is 6.09 Å². The fraction of sp³-hybridized carbons (Fsp3) is 0.333. The molecule has 1 fully saturated rings. The minimum Gasteiger partial charge on any atom is -0.474 e. The minimum absolute atomic E-state index is 0.183. The van der Waals surface area contributed by atoms with Crippen molar-refractivity contribution < 1.29 is 14.3 Å². The number of carbonyl (C=O) groups excluding carboxylic acids is 1. The predicted octanol–water partition coefficient (Wildman–Crippen LogP) is 5.32. The molecule has 1 N–H and O–H groups in total. The average Bonchev–Trinajstić information content (AvgIpc) is 3.31. The van der Waals surface area contributed by atoms with Gasteiger partial charge in [0.2, 0.25) is 5.88 Å². The normalized spacial score (nSPS) is 16.3. The van der Waals surface area contributed by atoms with Gasteiger partial charge in [0.15, 0.2) is 0 Å². The predicted molar refractivity (Wildman–Crippen MR) is 129 cm³/mol. The van der Waals surface area contributed by atoms with E-state index >= 15 is 0 Å². The average molecular weight is 444 g/mol. The molecule has 0 unspecified atom stereocenters. The Balaban J connectivity index is 1.41. The van der Waals surface area contributed by atoms with Crippen LogP contribution >= 0.6 is 0 Å². The number of aryl methyl sites for hydroxylation is 1. The molecule has 1 saturated heterocycles. The third-order valence-corrected chi connectivity index (χ3v) is 6.46. The first kappa shape index (κ1) is 21.5. The van der Waals surface area contributed by atoms with Gasteiger partial charge < -0.3 is 14.4 Å². The van der Waals surface area contributed by atoms with Crippen LogP contribution in [0.25, 0.3) is 11.1 Å². The number of nitrogens with one attached hydrogen (secondary N) is 1. The van der Waals surface area contributed by atoms with Gasteiger partial charge in [-0.3, -0.25) is 5.32 Å². The number of anilines is 1. The zero-order chi connectivity index (χ0) is 22.6. The lowest BCUT2D eigenvalue weighted by molar-refractivity contribution is 0.110. The third kappa shape index (κ3) is 5.01. The maximum absolute atomic E-state index is 12.7. The number of para-hydroxylation sites is 1. The van der Waals surface area contributed by atoms with Crippen molar-refractivity contribution in [3.05, 3.63) is 71.9 Å². The van der Waals surface area contributed by atoms with Crippen LogP contribution in [0.5, 0.6) is 11.6 Å². The molecule has 1 aromatic heterocycles. The Morgan fingerprint density at radius 1 is 1.06 bits per heavy atom. The fourth-order valence-corrected chi connectivity index (χ4v) is 4.69. The van der Waals surface area contributed by atoms with E-state index in [0.717, 1.165) is 62.0 Å². The van der Waals surface area contributed by atoms with Crippen molar-refractivity contribution in [2.24, 2.45) is 0 Å². The zero-order valence-corrected chi connectivity index (χ0v) is 18.9. The number of hydrogen-bond acceptors (Lipinski definition) is 5. The SMILES string of the molecule is CN1CCC(Oc2cc(-c3ccc4c(c3NC(=O)Oc3ccccc3)CCC4)ccn2)CC1. The molecular weight excluding hydrogens is 414 g/mol. The smallest absolute Gasteiger partial charge is 0.417 e. The lowest BCUT2D eigenvalue weighted by atomic mass is 9.98. The maximum Gasteiger partial charge on any atom is 0.417 e. The van der Waals surface area contributed by atoms with E-state index in [9.17, 15) is 4.79 Å². The molecule has 2 heterocycles. The van der Waals surface area contributed by atoms with E-state index in [1.165, 1.54) is 11.1 Å². The van der Waals surface area contributed by atoms with Crippen LogP contribution in [0.4, 0.5) is 10.5 Å². The van der Waals surface area contributed by atoms with Crippen molar-refractivity contribution in [3.63, 3.8) is 0 Å². The number of carbonyl (C=O) groups is 1. The third-order valence-electron chi connectivity index (χ3n) is 6.46. The van der Waals surface area contributed by atoms with Crippen LogP contribution in [0, 0.1) is 0 Å². The second-order valence-corrected chi connectivity index (χ2v) is 8.81. The number of aromatic nitrogens is 1. The number of benzene rings is 2. The Kier molecular flexibility index (Phi) is 6.26. The van der Waals surface area contributed by atoms with Gasteiger partial charge in [0.1, 0.15) is 11.9 Å². The number of hydrogen-bond donors (Lipinski definition) is 1. The molecule has 0 spiro atoms. The number of amides is 1. The van der Waals surface area contributed by atoms with Crippen molar-refractivity contribution in [2.45, 2.75) is 38.2 Å². The molecule has 1 aliphatic carbocycles. The quantitative estimate of drug-likeness (QED) is 0.578. The van der Waals surface area contributed by atoms with E-state index in [1.54, 1.807) is 18.3 Å². The lowest BCUT2D eigenvalue weighted by Crippen LogP contribution is -2.35. The Labute approximate surface area is 194 Å². The first-order valence-corrected chi connectivity index (χ1v) is 11.7. The highest BCUT2D eigenvalue weighted by Gasteiger charge is 2.22. The summed E-state index contributed by atoms with van der Waals surface area (Å²) in [6, 6.07) is 17.3. The fourth-order valence-electron chi connectivity index (χ4n) is 4.69. The molecule has 0 radical (unpaired) electrons. The highest BCUT2D eigenvalue weighted by Crippen LogP contribution is 2.38. The summed E-state index contributed by atoms with van der Waals surface area (Å²) < 4.78 is 11.7. The second kappa shape index (κ2) is 9.63. The van der Waals surface area contributed by atoms with Gasteiger partial charge in [0, 0.05) is 30.9 Å². The Morgan fingerprint density at radius 2 is 1.88 bits per heavy atom. The Bertz CT molecular complexity index is 1120. The van der Waals surface area contributed by atoms with E-state index in [-0.39, 0.29) is 6.10 Å². The monoisotopic (exact) mass is 443 g/mol. The molecule has 3 aromatic rings. The number of piperidine rings is 1. The standard InChI is InChI=1S/C27H29N3O3/c1-30-16-13-22(14-17-30)32-25-18-20(12-15-28-25)24-11-10-19-6-5-9-23(19)26(24)29-27(31)33-21-7-3-2-4-8-21/h2-4,7-8,10-12,15,18,22H,5-6,9,13-14,16-17H2,1H3,(H,29,31). The molecule has 1 amide bonds. The number of nitrogens with zero attached hydrogens (tertiary/aromatic N) is 2. The van der Waals surface area contributed by atoms with Crippen molar-refractivity contribution >= 4 is 11.8 Å². The van der Waals surface area contributed by atoms with Crippen LogP contribution < -0.4 is 14.8 Å². The van der Waals surface area contributed by atoms with Crippen LogP contribution in [-0.4, -0.2) is 42.2 Å². The van der Waals surface area contributed by atoms with Crippen molar-refractivity contribution in [3.8, 4) is 22.8 Å². The van der Waals surface area contributed by atoms with E-state index in [4.69, 9.17) is 9.47 Å². The van der Waals surface area contributed by atoms with Crippen molar-refractivity contribution in [2.75, 3.05) is 25.5 Å². The molecule has 0 bridgehead atoms. The Hall–Kier alpha value is -3.38. The molecule has 6 heteroatoms. The van der Waals surface area contributed by atoms with Gasteiger partial charge in [-0.2, -0.15) is 0 Å². The zero-order valence-electron chi connectivity index (χ0n) is 18.9. The lowest BCUT2D eigenvalue weighted by Gasteiger charge is -2.29. The Morgan fingerprint density at radius 3 is 2.70 bits per heavy atom. The first-order valence-electron chi connectivity index (χ1n) is 11.7. The number of pyridine rings is 1. The van der Waals surface area contributed by atoms with Crippen LogP contribution in [0.15, 0.2) is 60.8 Å². The van der Waals surface area contributed by atoms with Gasteiger partial charge in [-0.25, -0.2) is 9.78 Å². The molecule has 0 saturated carbocycles. The largest absolute Gasteiger partial charge is 0.474 e. The summed E-state index contributed by atoms with van der Waals surface area (Å²) in [6.45, 7) is 2.07. The highest BCUT2D eigenvalue weighted by atomic mass is 16.6. The molecule has 33 heavy (non-hydrogen) atoms. The van der Waals surface area contributed by atoms with Crippen molar-refractivity contribution in [1.82, 2.24) is 9.88 Å². The highest BCUT2D eigenvalue weighted by molar-refractivity contribution is 5.94. The topological polar surface area (TPSA) is 63.7 Å². The number of fused-ring (bicyclic) bond motifs is 1. The summed E-state index contributed by atoms with van der Waals surface area (Å²) in [5.74, 6) is 1.14. The van der Waals surface area contributed by atoms with Crippen molar-refractivity contribution in [1.29, 1.82) is 0 Å². The number of rotatable bonds is 5. The molecule has 2 aliphatic rings. The molecule has 5 rings (SSSR count). The summed E-state index contributed by atoms with van der Waals surface area (Å²) in [4.78, 5) is 19.5.